The fourth-order valence-corrected chi connectivity index (χ4v) is 6.64. The van der Waals surface area contributed by atoms with E-state index in [-0.39, 0.29) is 11.9 Å². The minimum atomic E-state index is -0.120. The Morgan fingerprint density at radius 3 is 2.38 bits per heavy atom. The molecule has 4 rings (SSSR count). The van der Waals surface area contributed by atoms with E-state index in [1.807, 2.05) is 0 Å². The molecule has 0 aliphatic carbocycles. The van der Waals surface area contributed by atoms with Crippen LogP contribution in [0.15, 0.2) is 6.07 Å². The van der Waals surface area contributed by atoms with Crippen LogP contribution in [0.4, 0.5) is 5.69 Å². The number of nitrogens with two attached hydrogens (primary N) is 1. The summed E-state index contributed by atoms with van der Waals surface area (Å²) in [6.07, 6.45) is 13.2. The van der Waals surface area contributed by atoms with E-state index in [1.54, 1.807) is 6.07 Å². The van der Waals surface area contributed by atoms with Gasteiger partial charge in [0, 0.05) is 31.5 Å². The quantitative estimate of drug-likeness (QED) is 0.184. The molecule has 1 aromatic rings. The molecule has 1 aromatic carbocycles. The van der Waals surface area contributed by atoms with Gasteiger partial charge in [0.25, 0.3) is 5.91 Å². The molecule has 8 nitrogen and oxygen atoms in total. The Morgan fingerprint density at radius 1 is 1.00 bits per heavy atom. The maximum atomic E-state index is 12.9. The standard InChI is InChI=1S/C31H49ClN4O4/c1-39-28(37)8-6-4-2-3-5-7-14-35-15-11-24(12-16-35)22-36-17-9-23(10-18-36)21-34-31(38)26-20-27(32)29(33)25-13-19-40-30(25)26/h20,23-24H,2-19,21-22,33H2,1H3,(H,34,38). The molecule has 0 aromatic heterocycles. The van der Waals surface area contributed by atoms with Crippen LogP contribution in [0.2, 0.25) is 5.02 Å². The number of hydrogen-bond donors (Lipinski definition) is 2. The summed E-state index contributed by atoms with van der Waals surface area (Å²) in [6.45, 7) is 8.37. The zero-order valence-electron chi connectivity index (χ0n) is 24.4. The molecule has 2 saturated heterocycles. The van der Waals surface area contributed by atoms with Crippen LogP contribution in [0.3, 0.4) is 0 Å². The zero-order chi connectivity index (χ0) is 28.3. The van der Waals surface area contributed by atoms with E-state index < -0.39 is 0 Å². The van der Waals surface area contributed by atoms with Gasteiger partial charge in [0.2, 0.25) is 0 Å². The maximum absolute atomic E-state index is 12.9. The minimum Gasteiger partial charge on any atom is -0.492 e. The Bertz CT molecular complexity index is 975. The second-order valence-corrected chi connectivity index (χ2v) is 12.3. The zero-order valence-corrected chi connectivity index (χ0v) is 25.1. The number of piperidine rings is 2. The number of carbonyl (C=O) groups excluding carboxylic acids is 2. The van der Waals surface area contributed by atoms with E-state index in [0.29, 0.717) is 53.9 Å². The van der Waals surface area contributed by atoms with Crippen LogP contribution >= 0.6 is 11.6 Å². The van der Waals surface area contributed by atoms with Crippen molar-refractivity contribution in [2.75, 3.05) is 65.3 Å². The largest absolute Gasteiger partial charge is 0.492 e. The number of methoxy groups -OCH3 is 1. The highest BCUT2D eigenvalue weighted by Gasteiger charge is 2.27. The van der Waals surface area contributed by atoms with Gasteiger partial charge in [-0.05, 0) is 89.2 Å². The molecule has 1 amide bonds. The van der Waals surface area contributed by atoms with Gasteiger partial charge in [-0.15, -0.1) is 0 Å². The third kappa shape index (κ3) is 8.98. The third-order valence-corrected chi connectivity index (χ3v) is 9.34. The van der Waals surface area contributed by atoms with Gasteiger partial charge in [0.1, 0.15) is 5.75 Å². The fraction of sp³-hybridized carbons (Fsp3) is 0.742. The lowest BCUT2D eigenvalue weighted by atomic mass is 9.92. The predicted molar refractivity (Wildman–Crippen MR) is 160 cm³/mol. The van der Waals surface area contributed by atoms with Gasteiger partial charge in [0.05, 0.1) is 30.0 Å². The lowest BCUT2D eigenvalue weighted by molar-refractivity contribution is -0.140. The fourth-order valence-electron chi connectivity index (χ4n) is 6.41. The smallest absolute Gasteiger partial charge is 0.305 e. The molecule has 0 atom stereocenters. The predicted octanol–water partition coefficient (Wildman–Crippen LogP) is 4.91. The van der Waals surface area contributed by atoms with Crippen molar-refractivity contribution in [3.8, 4) is 5.75 Å². The first-order valence-corrected chi connectivity index (χ1v) is 15.9. The van der Waals surface area contributed by atoms with Crippen LogP contribution in [-0.4, -0.2) is 81.2 Å². The van der Waals surface area contributed by atoms with Crippen molar-refractivity contribution < 1.29 is 19.1 Å². The van der Waals surface area contributed by atoms with Gasteiger partial charge in [-0.1, -0.05) is 37.3 Å². The van der Waals surface area contributed by atoms with Gasteiger partial charge in [-0.3, -0.25) is 9.59 Å². The summed E-state index contributed by atoms with van der Waals surface area (Å²) >= 11 is 6.27. The highest BCUT2D eigenvalue weighted by molar-refractivity contribution is 6.33. The van der Waals surface area contributed by atoms with Crippen LogP contribution in [0, 0.1) is 11.8 Å². The number of ether oxygens (including phenoxy) is 2. The normalized spacial score (nSPS) is 18.9. The van der Waals surface area contributed by atoms with Crippen molar-refractivity contribution in [1.29, 1.82) is 0 Å². The van der Waals surface area contributed by atoms with E-state index in [4.69, 9.17) is 26.8 Å². The first-order chi connectivity index (χ1) is 19.4. The van der Waals surface area contributed by atoms with Crippen molar-refractivity contribution in [1.82, 2.24) is 15.1 Å². The Labute approximate surface area is 245 Å². The van der Waals surface area contributed by atoms with E-state index >= 15 is 0 Å². The average Bonchev–Trinajstić information content (AvgIpc) is 3.47. The number of nitrogen functional groups attached to an aromatic ring is 1. The number of likely N-dealkylation sites (tertiary alicyclic amines) is 2. The van der Waals surface area contributed by atoms with Crippen molar-refractivity contribution in [2.45, 2.75) is 77.0 Å². The van der Waals surface area contributed by atoms with Crippen LogP contribution < -0.4 is 15.8 Å². The Hall–Kier alpha value is -2.03. The molecule has 3 heterocycles. The topological polar surface area (TPSA) is 97.1 Å². The number of nitrogens with one attached hydrogen (secondary N) is 1. The van der Waals surface area contributed by atoms with Crippen LogP contribution in [-0.2, 0) is 16.0 Å². The first kappa shape index (κ1) is 30.9. The van der Waals surface area contributed by atoms with E-state index in [9.17, 15) is 9.59 Å². The van der Waals surface area contributed by atoms with Crippen LogP contribution in [0.5, 0.6) is 5.75 Å². The molecule has 0 bridgehead atoms. The number of unbranched alkanes of at least 4 members (excludes halogenated alkanes) is 5. The molecule has 40 heavy (non-hydrogen) atoms. The maximum Gasteiger partial charge on any atom is 0.305 e. The molecule has 3 N–H and O–H groups in total. The van der Waals surface area contributed by atoms with Crippen molar-refractivity contribution >= 4 is 29.2 Å². The first-order valence-electron chi connectivity index (χ1n) is 15.5. The lowest BCUT2D eigenvalue weighted by Gasteiger charge is -2.37. The van der Waals surface area contributed by atoms with Gasteiger partial charge >= 0.3 is 5.97 Å². The molecule has 0 unspecified atom stereocenters. The van der Waals surface area contributed by atoms with Crippen molar-refractivity contribution in [2.24, 2.45) is 11.8 Å². The van der Waals surface area contributed by atoms with Crippen LogP contribution in [0.25, 0.3) is 0 Å². The van der Waals surface area contributed by atoms with Crippen molar-refractivity contribution in [3.63, 3.8) is 0 Å². The molecule has 3 aliphatic heterocycles. The number of halogens is 1. The number of amides is 1. The summed E-state index contributed by atoms with van der Waals surface area (Å²) in [4.78, 5) is 29.3. The van der Waals surface area contributed by atoms with Gasteiger partial charge in [0.15, 0.2) is 0 Å². The van der Waals surface area contributed by atoms with E-state index in [2.05, 4.69) is 15.1 Å². The summed E-state index contributed by atoms with van der Waals surface area (Å²) in [6, 6.07) is 1.64. The Balaban J connectivity index is 1.04. The Morgan fingerprint density at radius 2 is 1.65 bits per heavy atom. The molecule has 2 fully saturated rings. The number of hydrogen-bond acceptors (Lipinski definition) is 7. The van der Waals surface area contributed by atoms with Crippen molar-refractivity contribution in [3.05, 3.63) is 22.2 Å². The number of rotatable bonds is 14. The number of carbonyl (C=O) groups is 2. The molecule has 0 saturated carbocycles. The molecular formula is C31H49ClN4O4. The van der Waals surface area contributed by atoms with E-state index in [0.717, 1.165) is 50.3 Å². The monoisotopic (exact) mass is 576 g/mol. The Kier molecular flexibility index (Phi) is 12.2. The average molecular weight is 577 g/mol. The highest BCUT2D eigenvalue weighted by Crippen LogP contribution is 2.38. The molecule has 224 valence electrons. The van der Waals surface area contributed by atoms with Gasteiger partial charge in [-0.25, -0.2) is 0 Å². The molecule has 9 heteroatoms. The molecule has 0 spiro atoms. The number of anilines is 1. The summed E-state index contributed by atoms with van der Waals surface area (Å²) < 4.78 is 10.4. The second kappa shape index (κ2) is 15.8. The minimum absolute atomic E-state index is 0.0888. The van der Waals surface area contributed by atoms with Gasteiger partial charge in [-0.2, -0.15) is 0 Å². The van der Waals surface area contributed by atoms with Crippen LogP contribution in [0.1, 0.15) is 86.6 Å². The third-order valence-electron chi connectivity index (χ3n) is 9.03. The summed E-state index contributed by atoms with van der Waals surface area (Å²) in [5.41, 5.74) is 7.96. The second-order valence-electron chi connectivity index (χ2n) is 11.9. The number of nitrogens with zero attached hydrogens (tertiary/aromatic N) is 2. The molecule has 3 aliphatic rings. The lowest BCUT2D eigenvalue weighted by Crippen LogP contribution is -2.43. The SMILES string of the molecule is COC(=O)CCCCCCCCN1CCC(CN2CCC(CNC(=O)c3cc(Cl)c(N)c4c3OCC4)CC2)CC1. The molecule has 0 radical (unpaired) electrons. The summed E-state index contributed by atoms with van der Waals surface area (Å²) in [7, 11) is 1.46. The summed E-state index contributed by atoms with van der Waals surface area (Å²) in [5, 5.41) is 3.55. The highest BCUT2D eigenvalue weighted by atomic mass is 35.5. The number of benzene rings is 1. The number of fused-ring (bicyclic) bond motifs is 1. The summed E-state index contributed by atoms with van der Waals surface area (Å²) in [5.74, 6) is 1.70. The van der Waals surface area contributed by atoms with E-state index in [1.165, 1.54) is 71.8 Å². The number of esters is 1. The van der Waals surface area contributed by atoms with Gasteiger partial charge < -0.3 is 30.3 Å². The molecular weight excluding hydrogens is 528 g/mol.